The van der Waals surface area contributed by atoms with Crippen LogP contribution in [0.25, 0.3) is 10.1 Å². The third-order valence-corrected chi connectivity index (χ3v) is 7.50. The van der Waals surface area contributed by atoms with Gasteiger partial charge in [0.2, 0.25) is 0 Å². The standard InChI is InChI=1S/C17H17NO2S3/c1-12-4-8-15(9-5-12)23(19,20)18(2)17-10-13-6-7-14(21-3)11-16(13)22-17/h4-11H,1-3H3. The zero-order valence-electron chi connectivity index (χ0n) is 13.1. The predicted molar refractivity (Wildman–Crippen MR) is 100 cm³/mol. The average molecular weight is 364 g/mol. The maximum absolute atomic E-state index is 12.8. The van der Waals surface area contributed by atoms with Gasteiger partial charge in [0.1, 0.15) is 5.00 Å². The Balaban J connectivity index is 2.01. The minimum absolute atomic E-state index is 0.313. The molecule has 0 fully saturated rings. The number of aryl methyl sites for hydroxylation is 1. The van der Waals surface area contributed by atoms with Gasteiger partial charge in [-0.25, -0.2) is 8.42 Å². The fraction of sp³-hybridized carbons (Fsp3) is 0.176. The Labute approximate surface area is 145 Å². The van der Waals surface area contributed by atoms with Gasteiger partial charge in [0.15, 0.2) is 0 Å². The van der Waals surface area contributed by atoms with Crippen molar-refractivity contribution in [1.82, 2.24) is 0 Å². The molecule has 1 aromatic heterocycles. The van der Waals surface area contributed by atoms with E-state index in [0.29, 0.717) is 4.90 Å². The van der Waals surface area contributed by atoms with Crippen LogP contribution >= 0.6 is 23.1 Å². The number of rotatable bonds is 4. The number of thioether (sulfide) groups is 1. The van der Waals surface area contributed by atoms with Crippen molar-refractivity contribution in [3.63, 3.8) is 0 Å². The van der Waals surface area contributed by atoms with Gasteiger partial charge in [-0.15, -0.1) is 23.1 Å². The molecular weight excluding hydrogens is 346 g/mol. The van der Waals surface area contributed by atoms with Gasteiger partial charge in [0, 0.05) is 16.6 Å². The normalized spacial score (nSPS) is 11.8. The first-order chi connectivity index (χ1) is 10.9. The highest BCUT2D eigenvalue weighted by molar-refractivity contribution is 7.98. The van der Waals surface area contributed by atoms with E-state index < -0.39 is 10.0 Å². The van der Waals surface area contributed by atoms with Crippen LogP contribution in [-0.2, 0) is 10.0 Å². The van der Waals surface area contributed by atoms with E-state index in [1.54, 1.807) is 30.9 Å². The number of benzene rings is 2. The van der Waals surface area contributed by atoms with Crippen LogP contribution in [0.1, 0.15) is 5.56 Å². The zero-order valence-corrected chi connectivity index (χ0v) is 15.6. The number of thiophene rings is 1. The second-order valence-electron chi connectivity index (χ2n) is 5.27. The van der Waals surface area contributed by atoms with Crippen molar-refractivity contribution in [1.29, 1.82) is 0 Å². The molecular formula is C17H17NO2S3. The van der Waals surface area contributed by atoms with Crippen molar-refractivity contribution in [2.75, 3.05) is 17.6 Å². The molecule has 3 rings (SSSR count). The molecule has 0 N–H and O–H groups in total. The molecule has 0 aliphatic carbocycles. The summed E-state index contributed by atoms with van der Waals surface area (Å²) < 4.78 is 28.0. The number of hydrogen-bond acceptors (Lipinski definition) is 4. The lowest BCUT2D eigenvalue weighted by molar-refractivity contribution is 0.594. The highest BCUT2D eigenvalue weighted by Gasteiger charge is 2.22. The molecule has 3 aromatic rings. The number of nitrogens with zero attached hydrogens (tertiary/aromatic N) is 1. The van der Waals surface area contributed by atoms with E-state index in [2.05, 4.69) is 12.1 Å². The topological polar surface area (TPSA) is 37.4 Å². The number of anilines is 1. The first-order valence-corrected chi connectivity index (χ1v) is 10.5. The van der Waals surface area contributed by atoms with Gasteiger partial charge < -0.3 is 0 Å². The van der Waals surface area contributed by atoms with Crippen LogP contribution in [0, 0.1) is 6.92 Å². The van der Waals surface area contributed by atoms with E-state index in [-0.39, 0.29) is 0 Å². The van der Waals surface area contributed by atoms with E-state index in [0.717, 1.165) is 20.7 Å². The Bertz CT molecular complexity index is 944. The summed E-state index contributed by atoms with van der Waals surface area (Å²) in [5, 5.41) is 1.78. The van der Waals surface area contributed by atoms with Crippen LogP contribution in [-0.4, -0.2) is 21.7 Å². The third kappa shape index (κ3) is 3.11. The van der Waals surface area contributed by atoms with Crippen LogP contribution in [0.3, 0.4) is 0 Å². The number of fused-ring (bicyclic) bond motifs is 1. The average Bonchev–Trinajstić information content (AvgIpc) is 2.97. The molecule has 3 nitrogen and oxygen atoms in total. The Hall–Kier alpha value is -1.50. The second kappa shape index (κ2) is 6.19. The summed E-state index contributed by atoms with van der Waals surface area (Å²) in [4.78, 5) is 1.49. The molecule has 0 aliphatic rings. The van der Waals surface area contributed by atoms with Crippen molar-refractivity contribution in [2.45, 2.75) is 16.7 Å². The first-order valence-electron chi connectivity index (χ1n) is 7.05. The van der Waals surface area contributed by atoms with Gasteiger partial charge in [0.05, 0.1) is 4.90 Å². The molecule has 120 valence electrons. The lowest BCUT2D eigenvalue weighted by atomic mass is 10.2. The molecule has 0 saturated carbocycles. The summed E-state index contributed by atoms with van der Waals surface area (Å²) in [7, 11) is -1.93. The summed E-state index contributed by atoms with van der Waals surface area (Å²) in [6.07, 6.45) is 2.03. The van der Waals surface area contributed by atoms with Crippen molar-refractivity contribution >= 4 is 48.2 Å². The maximum atomic E-state index is 12.8. The van der Waals surface area contributed by atoms with Crippen LogP contribution in [0.5, 0.6) is 0 Å². The highest BCUT2D eigenvalue weighted by atomic mass is 32.2. The fourth-order valence-corrected chi connectivity index (χ4v) is 5.24. The van der Waals surface area contributed by atoms with Crippen molar-refractivity contribution in [3.05, 3.63) is 54.1 Å². The Kier molecular flexibility index (Phi) is 4.40. The van der Waals surface area contributed by atoms with Gasteiger partial charge in [-0.3, -0.25) is 4.31 Å². The predicted octanol–water partition coefficient (Wildman–Crippen LogP) is 4.76. The van der Waals surface area contributed by atoms with Gasteiger partial charge in [-0.05, 0) is 48.9 Å². The molecule has 23 heavy (non-hydrogen) atoms. The van der Waals surface area contributed by atoms with E-state index in [1.807, 2.05) is 37.4 Å². The summed E-state index contributed by atoms with van der Waals surface area (Å²) in [6, 6.07) is 15.1. The zero-order chi connectivity index (χ0) is 16.6. The van der Waals surface area contributed by atoms with Gasteiger partial charge in [-0.2, -0.15) is 0 Å². The molecule has 2 aromatic carbocycles. The molecule has 0 bridgehead atoms. The van der Waals surface area contributed by atoms with Crippen molar-refractivity contribution in [3.8, 4) is 0 Å². The molecule has 0 spiro atoms. The molecule has 0 aliphatic heterocycles. The van der Waals surface area contributed by atoms with Crippen molar-refractivity contribution < 1.29 is 8.42 Å². The summed E-state index contributed by atoms with van der Waals surface area (Å²) >= 11 is 3.17. The molecule has 0 saturated heterocycles. The monoisotopic (exact) mass is 363 g/mol. The SMILES string of the molecule is CSc1ccc2cc(N(C)S(=O)(=O)c3ccc(C)cc3)sc2c1. The van der Waals surface area contributed by atoms with Gasteiger partial charge >= 0.3 is 0 Å². The Morgan fingerprint density at radius 1 is 1.04 bits per heavy atom. The van der Waals surface area contributed by atoms with Gasteiger partial charge in [0.25, 0.3) is 10.0 Å². The highest BCUT2D eigenvalue weighted by Crippen LogP contribution is 2.36. The van der Waals surface area contributed by atoms with E-state index >= 15 is 0 Å². The number of sulfonamides is 1. The summed E-state index contributed by atoms with van der Waals surface area (Å²) in [5.41, 5.74) is 1.04. The summed E-state index contributed by atoms with van der Waals surface area (Å²) in [5.74, 6) is 0. The molecule has 0 radical (unpaired) electrons. The molecule has 0 unspecified atom stereocenters. The lowest BCUT2D eigenvalue weighted by Crippen LogP contribution is -2.25. The minimum Gasteiger partial charge on any atom is -0.260 e. The minimum atomic E-state index is -3.53. The van der Waals surface area contributed by atoms with Crippen LogP contribution < -0.4 is 4.31 Å². The van der Waals surface area contributed by atoms with Gasteiger partial charge in [-0.1, -0.05) is 23.8 Å². The van der Waals surface area contributed by atoms with Crippen LogP contribution in [0.15, 0.2) is 58.3 Å². The summed E-state index contributed by atoms with van der Waals surface area (Å²) in [6.45, 7) is 1.94. The largest absolute Gasteiger partial charge is 0.264 e. The quantitative estimate of drug-likeness (QED) is 0.627. The smallest absolute Gasteiger partial charge is 0.260 e. The van der Waals surface area contributed by atoms with Crippen LogP contribution in [0.2, 0.25) is 0 Å². The molecule has 0 atom stereocenters. The first kappa shape index (κ1) is 16.4. The molecule has 0 amide bonds. The van der Waals surface area contributed by atoms with Crippen molar-refractivity contribution in [2.24, 2.45) is 0 Å². The Morgan fingerprint density at radius 2 is 1.74 bits per heavy atom. The molecule has 6 heteroatoms. The maximum Gasteiger partial charge on any atom is 0.264 e. The second-order valence-corrected chi connectivity index (χ2v) is 9.19. The molecule has 1 heterocycles. The van der Waals surface area contributed by atoms with E-state index in [9.17, 15) is 8.42 Å². The number of hydrogen-bond donors (Lipinski definition) is 0. The lowest BCUT2D eigenvalue weighted by Gasteiger charge is -2.17. The van der Waals surface area contributed by atoms with E-state index in [4.69, 9.17) is 0 Å². The Morgan fingerprint density at radius 3 is 2.39 bits per heavy atom. The van der Waals surface area contributed by atoms with E-state index in [1.165, 1.54) is 20.5 Å². The third-order valence-electron chi connectivity index (χ3n) is 3.70. The van der Waals surface area contributed by atoms with Crippen LogP contribution in [0.4, 0.5) is 5.00 Å². The fourth-order valence-electron chi connectivity index (χ4n) is 2.27.